The molecule has 0 aromatic heterocycles. The normalized spacial score (nSPS) is 10.9. The second-order valence-corrected chi connectivity index (χ2v) is 7.46. The minimum absolute atomic E-state index is 0.0664. The standard InChI is InChI=1S/C18H21N3O5S/c1-13-6-8-16(9-7-13)27(24,25)20-12-17(22)19-11-18(23)21-14-4-3-5-15(10-14)26-2/h3-10,20H,11-12H2,1-2H3,(H,19,22)(H,21,23). The van der Waals surface area contributed by atoms with Gasteiger partial charge in [-0.1, -0.05) is 23.8 Å². The van der Waals surface area contributed by atoms with Crippen LogP contribution in [0.15, 0.2) is 53.4 Å². The number of aryl methyl sites for hydroxylation is 1. The molecule has 2 aromatic carbocycles. The van der Waals surface area contributed by atoms with Crippen LogP contribution in [-0.2, 0) is 19.6 Å². The number of rotatable bonds is 8. The van der Waals surface area contributed by atoms with Gasteiger partial charge < -0.3 is 15.4 Å². The van der Waals surface area contributed by atoms with Crippen molar-refractivity contribution in [2.75, 3.05) is 25.5 Å². The lowest BCUT2D eigenvalue weighted by atomic mass is 10.2. The summed E-state index contributed by atoms with van der Waals surface area (Å²) in [7, 11) is -2.28. The predicted octanol–water partition coefficient (Wildman–Crippen LogP) is 1.04. The molecule has 2 amide bonds. The first-order valence-corrected chi connectivity index (χ1v) is 9.55. The molecule has 0 atom stereocenters. The fraction of sp³-hybridized carbons (Fsp3) is 0.222. The monoisotopic (exact) mass is 391 g/mol. The number of hydrogen-bond donors (Lipinski definition) is 3. The van der Waals surface area contributed by atoms with Gasteiger partial charge in [-0.2, -0.15) is 0 Å². The number of methoxy groups -OCH3 is 1. The van der Waals surface area contributed by atoms with Crippen LogP contribution < -0.4 is 20.1 Å². The Bertz CT molecular complexity index is 911. The smallest absolute Gasteiger partial charge is 0.243 e. The van der Waals surface area contributed by atoms with Crippen molar-refractivity contribution in [1.29, 1.82) is 0 Å². The Morgan fingerprint density at radius 2 is 1.70 bits per heavy atom. The number of anilines is 1. The van der Waals surface area contributed by atoms with Crippen LogP contribution in [0.4, 0.5) is 5.69 Å². The zero-order valence-corrected chi connectivity index (χ0v) is 15.8. The highest BCUT2D eigenvalue weighted by molar-refractivity contribution is 7.89. The summed E-state index contributed by atoms with van der Waals surface area (Å²) in [5.41, 5.74) is 1.45. The average Bonchev–Trinajstić information content (AvgIpc) is 2.65. The predicted molar refractivity (Wildman–Crippen MR) is 101 cm³/mol. The third-order valence-electron chi connectivity index (χ3n) is 3.55. The summed E-state index contributed by atoms with van der Waals surface area (Å²) in [5, 5.41) is 4.96. The number of amides is 2. The molecule has 8 nitrogen and oxygen atoms in total. The van der Waals surface area contributed by atoms with Crippen molar-refractivity contribution in [3.8, 4) is 5.75 Å². The highest BCUT2D eigenvalue weighted by atomic mass is 32.2. The highest BCUT2D eigenvalue weighted by Crippen LogP contribution is 2.16. The fourth-order valence-corrected chi connectivity index (χ4v) is 3.09. The summed E-state index contributed by atoms with van der Waals surface area (Å²) >= 11 is 0. The molecule has 0 fully saturated rings. The summed E-state index contributed by atoms with van der Waals surface area (Å²) in [5.74, 6) is -0.480. The first kappa shape index (κ1) is 20.4. The van der Waals surface area contributed by atoms with Gasteiger partial charge in [-0.15, -0.1) is 0 Å². The van der Waals surface area contributed by atoms with Crippen molar-refractivity contribution in [2.45, 2.75) is 11.8 Å². The molecule has 2 aromatic rings. The van der Waals surface area contributed by atoms with E-state index in [9.17, 15) is 18.0 Å². The highest BCUT2D eigenvalue weighted by Gasteiger charge is 2.15. The van der Waals surface area contributed by atoms with Crippen molar-refractivity contribution in [3.63, 3.8) is 0 Å². The van der Waals surface area contributed by atoms with Gasteiger partial charge in [0, 0.05) is 11.8 Å². The Labute approximate surface area is 158 Å². The molecule has 0 saturated carbocycles. The van der Waals surface area contributed by atoms with Crippen LogP contribution in [0.2, 0.25) is 0 Å². The molecule has 0 aliphatic carbocycles. The van der Waals surface area contributed by atoms with Gasteiger partial charge in [0.2, 0.25) is 21.8 Å². The maximum absolute atomic E-state index is 12.1. The molecule has 0 saturated heterocycles. The van der Waals surface area contributed by atoms with Crippen LogP contribution in [0.1, 0.15) is 5.56 Å². The fourth-order valence-electron chi connectivity index (χ4n) is 2.11. The molecular weight excluding hydrogens is 370 g/mol. The Morgan fingerprint density at radius 1 is 1.00 bits per heavy atom. The van der Waals surface area contributed by atoms with E-state index in [4.69, 9.17) is 4.74 Å². The quantitative estimate of drug-likeness (QED) is 0.622. The Morgan fingerprint density at radius 3 is 2.37 bits per heavy atom. The van der Waals surface area contributed by atoms with Gasteiger partial charge in [0.1, 0.15) is 5.75 Å². The van der Waals surface area contributed by atoms with Gasteiger partial charge >= 0.3 is 0 Å². The molecule has 144 valence electrons. The Balaban J connectivity index is 1.80. The minimum atomic E-state index is -3.79. The SMILES string of the molecule is COc1cccc(NC(=O)CNC(=O)CNS(=O)(=O)c2ccc(C)cc2)c1. The van der Waals surface area contributed by atoms with Crippen LogP contribution in [0, 0.1) is 6.92 Å². The molecule has 0 aliphatic rings. The molecular formula is C18H21N3O5S. The number of hydrogen-bond acceptors (Lipinski definition) is 5. The van der Waals surface area contributed by atoms with Crippen LogP contribution in [0.3, 0.4) is 0 Å². The topological polar surface area (TPSA) is 114 Å². The molecule has 9 heteroatoms. The largest absolute Gasteiger partial charge is 0.497 e. The zero-order chi connectivity index (χ0) is 19.9. The van der Waals surface area contributed by atoms with Gasteiger partial charge in [-0.05, 0) is 31.2 Å². The summed E-state index contributed by atoms with van der Waals surface area (Å²) in [6.07, 6.45) is 0. The van der Waals surface area contributed by atoms with Gasteiger partial charge in [-0.3, -0.25) is 9.59 Å². The molecule has 0 aliphatic heterocycles. The van der Waals surface area contributed by atoms with Crippen molar-refractivity contribution in [2.24, 2.45) is 0 Å². The number of carbonyl (C=O) groups is 2. The van der Waals surface area contributed by atoms with Gasteiger partial charge in [0.05, 0.1) is 25.1 Å². The number of carbonyl (C=O) groups excluding carboxylic acids is 2. The van der Waals surface area contributed by atoms with Crippen LogP contribution >= 0.6 is 0 Å². The first-order valence-electron chi connectivity index (χ1n) is 8.07. The van der Waals surface area contributed by atoms with Crippen molar-refractivity contribution < 1.29 is 22.7 Å². The van der Waals surface area contributed by atoms with E-state index >= 15 is 0 Å². The average molecular weight is 391 g/mol. The summed E-state index contributed by atoms with van der Waals surface area (Å²) in [4.78, 5) is 23.7. The molecule has 3 N–H and O–H groups in total. The van der Waals surface area contributed by atoms with E-state index in [1.807, 2.05) is 6.92 Å². The summed E-state index contributed by atoms with van der Waals surface area (Å²) in [6.45, 7) is 1.08. The Kier molecular flexibility index (Phi) is 6.91. The van der Waals surface area contributed by atoms with E-state index in [1.165, 1.54) is 19.2 Å². The second kappa shape index (κ2) is 9.15. The van der Waals surface area contributed by atoms with Crippen LogP contribution in [0.25, 0.3) is 0 Å². The first-order chi connectivity index (χ1) is 12.8. The summed E-state index contributed by atoms with van der Waals surface area (Å²) in [6, 6.07) is 13.0. The lowest BCUT2D eigenvalue weighted by Crippen LogP contribution is -2.40. The molecule has 0 spiro atoms. The molecule has 0 radical (unpaired) electrons. The molecule has 0 heterocycles. The molecule has 27 heavy (non-hydrogen) atoms. The van der Waals surface area contributed by atoms with Crippen LogP contribution in [-0.4, -0.2) is 40.4 Å². The minimum Gasteiger partial charge on any atom is -0.497 e. The zero-order valence-electron chi connectivity index (χ0n) is 15.0. The van der Waals surface area contributed by atoms with Gasteiger partial charge in [-0.25, -0.2) is 13.1 Å². The number of ether oxygens (including phenoxy) is 1. The van der Waals surface area contributed by atoms with E-state index in [0.29, 0.717) is 11.4 Å². The van der Waals surface area contributed by atoms with E-state index in [0.717, 1.165) is 5.56 Å². The second-order valence-electron chi connectivity index (χ2n) is 5.69. The lowest BCUT2D eigenvalue weighted by molar-refractivity contribution is -0.123. The maximum Gasteiger partial charge on any atom is 0.243 e. The third kappa shape index (κ3) is 6.39. The molecule has 0 bridgehead atoms. The molecule has 0 unspecified atom stereocenters. The summed E-state index contributed by atoms with van der Waals surface area (Å²) < 4.78 is 31.5. The number of nitrogens with one attached hydrogen (secondary N) is 3. The van der Waals surface area contributed by atoms with Crippen molar-refractivity contribution in [3.05, 3.63) is 54.1 Å². The lowest BCUT2D eigenvalue weighted by Gasteiger charge is -2.09. The van der Waals surface area contributed by atoms with Gasteiger partial charge in [0.25, 0.3) is 0 Å². The Hall–Kier alpha value is -2.91. The third-order valence-corrected chi connectivity index (χ3v) is 4.97. The van der Waals surface area contributed by atoms with E-state index in [-0.39, 0.29) is 11.4 Å². The maximum atomic E-state index is 12.1. The van der Waals surface area contributed by atoms with E-state index in [1.54, 1.807) is 36.4 Å². The number of sulfonamides is 1. The van der Waals surface area contributed by atoms with E-state index < -0.39 is 28.4 Å². The van der Waals surface area contributed by atoms with E-state index in [2.05, 4.69) is 15.4 Å². The number of benzene rings is 2. The van der Waals surface area contributed by atoms with Gasteiger partial charge in [0.15, 0.2) is 0 Å². The van der Waals surface area contributed by atoms with Crippen LogP contribution in [0.5, 0.6) is 5.75 Å². The van der Waals surface area contributed by atoms with Crippen molar-refractivity contribution in [1.82, 2.24) is 10.0 Å². The molecule has 2 rings (SSSR count). The van der Waals surface area contributed by atoms with Crippen molar-refractivity contribution >= 4 is 27.5 Å².